The number of hydrogen-bond donors (Lipinski definition) is 2. The number of rotatable bonds is 4. The van der Waals surface area contributed by atoms with E-state index < -0.39 is 0 Å². The fourth-order valence-corrected chi connectivity index (χ4v) is 3.37. The number of nitrogens with one attached hydrogen (secondary N) is 2. The molecule has 0 bridgehead atoms. The standard InChI is InChI=1S/C19H25N3O2/c1-13-8-9-16(12-17(13)22-11-10-20-19(22)24)18(23)21-14(2)15-6-4-3-5-7-15/h6,8-9,12,14H,3-5,7,10-11H2,1-2H3,(H,20,24)(H,21,23)/t14-/m0/s1. The monoisotopic (exact) mass is 327 g/mol. The van der Waals surface area contributed by atoms with Crippen LogP contribution in [-0.4, -0.2) is 31.1 Å². The van der Waals surface area contributed by atoms with Gasteiger partial charge in [-0.3, -0.25) is 9.69 Å². The first kappa shape index (κ1) is 16.6. The lowest BCUT2D eigenvalue weighted by atomic mass is 9.94. The summed E-state index contributed by atoms with van der Waals surface area (Å²) in [5.74, 6) is -0.0881. The van der Waals surface area contributed by atoms with Crippen LogP contribution in [0.15, 0.2) is 29.8 Å². The molecule has 3 rings (SSSR count). The molecule has 0 spiro atoms. The van der Waals surface area contributed by atoms with Crippen LogP contribution in [0.5, 0.6) is 0 Å². The second kappa shape index (κ2) is 7.07. The van der Waals surface area contributed by atoms with E-state index in [1.165, 1.54) is 18.4 Å². The molecule has 1 aliphatic carbocycles. The van der Waals surface area contributed by atoms with Crippen molar-refractivity contribution in [2.45, 2.75) is 45.6 Å². The molecule has 1 aromatic rings. The van der Waals surface area contributed by atoms with Gasteiger partial charge in [-0.2, -0.15) is 0 Å². The van der Waals surface area contributed by atoms with Gasteiger partial charge in [0, 0.05) is 30.4 Å². The van der Waals surface area contributed by atoms with Crippen LogP contribution in [0.1, 0.15) is 48.5 Å². The topological polar surface area (TPSA) is 61.4 Å². The fraction of sp³-hybridized carbons (Fsp3) is 0.474. The van der Waals surface area contributed by atoms with Crippen LogP contribution in [-0.2, 0) is 0 Å². The van der Waals surface area contributed by atoms with Crippen molar-refractivity contribution >= 4 is 17.6 Å². The number of hydrogen-bond acceptors (Lipinski definition) is 2. The third kappa shape index (κ3) is 3.45. The van der Waals surface area contributed by atoms with E-state index in [0.717, 1.165) is 24.1 Å². The minimum Gasteiger partial charge on any atom is -0.346 e. The molecule has 5 nitrogen and oxygen atoms in total. The van der Waals surface area contributed by atoms with E-state index in [1.807, 2.05) is 32.0 Å². The number of nitrogens with zero attached hydrogens (tertiary/aromatic N) is 1. The zero-order chi connectivity index (χ0) is 17.1. The summed E-state index contributed by atoms with van der Waals surface area (Å²) in [5, 5.41) is 5.89. The predicted octanol–water partition coefficient (Wildman–Crippen LogP) is 3.14. The van der Waals surface area contributed by atoms with Gasteiger partial charge in [-0.1, -0.05) is 17.7 Å². The van der Waals surface area contributed by atoms with E-state index in [1.54, 1.807) is 4.90 Å². The summed E-state index contributed by atoms with van der Waals surface area (Å²) in [4.78, 5) is 26.2. The maximum Gasteiger partial charge on any atom is 0.322 e. The smallest absolute Gasteiger partial charge is 0.322 e. The number of allylic oxidation sites excluding steroid dienone is 1. The Labute approximate surface area is 143 Å². The molecule has 1 atom stereocenters. The van der Waals surface area contributed by atoms with Gasteiger partial charge < -0.3 is 10.6 Å². The van der Waals surface area contributed by atoms with E-state index in [4.69, 9.17) is 0 Å². The minimum absolute atomic E-state index is 0.0534. The molecule has 1 saturated heterocycles. The van der Waals surface area contributed by atoms with Crippen LogP contribution in [0, 0.1) is 6.92 Å². The first-order valence-electron chi connectivity index (χ1n) is 8.72. The van der Waals surface area contributed by atoms with E-state index in [2.05, 4.69) is 16.7 Å². The van der Waals surface area contributed by atoms with Crippen molar-refractivity contribution in [1.29, 1.82) is 0 Å². The molecule has 1 aliphatic heterocycles. The molecule has 1 heterocycles. The highest BCUT2D eigenvalue weighted by atomic mass is 16.2. The molecule has 5 heteroatoms. The van der Waals surface area contributed by atoms with E-state index in [0.29, 0.717) is 18.7 Å². The summed E-state index contributed by atoms with van der Waals surface area (Å²) >= 11 is 0. The second-order valence-corrected chi connectivity index (χ2v) is 6.60. The summed E-state index contributed by atoms with van der Waals surface area (Å²) in [6, 6.07) is 5.50. The van der Waals surface area contributed by atoms with Crippen molar-refractivity contribution in [2.75, 3.05) is 18.0 Å². The minimum atomic E-state index is -0.101. The molecule has 24 heavy (non-hydrogen) atoms. The van der Waals surface area contributed by atoms with Gasteiger partial charge in [-0.15, -0.1) is 0 Å². The SMILES string of the molecule is Cc1ccc(C(=O)N[C@@H](C)C2=CCCCC2)cc1N1CCNC1=O. The quantitative estimate of drug-likeness (QED) is 0.835. The first-order chi connectivity index (χ1) is 11.6. The highest BCUT2D eigenvalue weighted by Gasteiger charge is 2.24. The van der Waals surface area contributed by atoms with Gasteiger partial charge in [0.05, 0.1) is 0 Å². The van der Waals surface area contributed by atoms with Crippen LogP contribution in [0.3, 0.4) is 0 Å². The average molecular weight is 327 g/mol. The van der Waals surface area contributed by atoms with E-state index in [9.17, 15) is 9.59 Å². The Kier molecular flexibility index (Phi) is 4.88. The van der Waals surface area contributed by atoms with Crippen LogP contribution < -0.4 is 15.5 Å². The Balaban J connectivity index is 1.75. The van der Waals surface area contributed by atoms with Crippen LogP contribution in [0.2, 0.25) is 0 Å². The normalized spacial score (nSPS) is 18.8. The third-order valence-electron chi connectivity index (χ3n) is 4.85. The van der Waals surface area contributed by atoms with Crippen LogP contribution in [0.4, 0.5) is 10.5 Å². The second-order valence-electron chi connectivity index (χ2n) is 6.60. The van der Waals surface area contributed by atoms with Crippen molar-refractivity contribution in [2.24, 2.45) is 0 Å². The Hall–Kier alpha value is -2.30. The Morgan fingerprint density at radius 1 is 1.33 bits per heavy atom. The largest absolute Gasteiger partial charge is 0.346 e. The van der Waals surface area contributed by atoms with Gasteiger partial charge >= 0.3 is 6.03 Å². The lowest BCUT2D eigenvalue weighted by Crippen LogP contribution is -2.34. The van der Waals surface area contributed by atoms with Gasteiger partial charge in [0.2, 0.25) is 0 Å². The lowest BCUT2D eigenvalue weighted by Gasteiger charge is -2.22. The molecule has 2 aliphatic rings. The van der Waals surface area contributed by atoms with Gasteiger partial charge in [-0.05, 0) is 57.2 Å². The van der Waals surface area contributed by atoms with Crippen molar-refractivity contribution < 1.29 is 9.59 Å². The van der Waals surface area contributed by atoms with Gasteiger partial charge in [0.25, 0.3) is 5.91 Å². The zero-order valence-corrected chi connectivity index (χ0v) is 14.4. The number of urea groups is 1. The van der Waals surface area contributed by atoms with Gasteiger partial charge in [0.1, 0.15) is 0 Å². The summed E-state index contributed by atoms with van der Waals surface area (Å²) < 4.78 is 0. The summed E-state index contributed by atoms with van der Waals surface area (Å²) in [7, 11) is 0. The van der Waals surface area contributed by atoms with Crippen molar-refractivity contribution in [1.82, 2.24) is 10.6 Å². The number of benzene rings is 1. The number of carbonyl (C=O) groups excluding carboxylic acids is 2. The Bertz CT molecular complexity index is 681. The Morgan fingerprint density at radius 2 is 2.17 bits per heavy atom. The number of amides is 3. The molecule has 128 valence electrons. The number of carbonyl (C=O) groups is 2. The molecule has 1 aromatic carbocycles. The molecule has 0 saturated carbocycles. The first-order valence-corrected chi connectivity index (χ1v) is 8.72. The van der Waals surface area contributed by atoms with Gasteiger partial charge in [0.15, 0.2) is 0 Å². The molecule has 2 N–H and O–H groups in total. The molecular formula is C19H25N3O2. The van der Waals surface area contributed by atoms with Crippen LogP contribution >= 0.6 is 0 Å². The maximum absolute atomic E-state index is 12.6. The van der Waals surface area contributed by atoms with E-state index >= 15 is 0 Å². The van der Waals surface area contributed by atoms with Crippen molar-refractivity contribution in [3.05, 3.63) is 41.0 Å². The molecule has 0 aromatic heterocycles. The summed E-state index contributed by atoms with van der Waals surface area (Å²) in [5.41, 5.74) is 3.72. The summed E-state index contributed by atoms with van der Waals surface area (Å²) in [6.07, 6.45) is 6.86. The molecular weight excluding hydrogens is 302 g/mol. The molecule has 1 fully saturated rings. The molecule has 0 unspecified atom stereocenters. The zero-order valence-electron chi connectivity index (χ0n) is 14.4. The number of aryl methyl sites for hydroxylation is 1. The lowest BCUT2D eigenvalue weighted by molar-refractivity contribution is 0.0944. The average Bonchev–Trinajstić information content (AvgIpc) is 3.02. The number of anilines is 1. The van der Waals surface area contributed by atoms with Crippen LogP contribution in [0.25, 0.3) is 0 Å². The van der Waals surface area contributed by atoms with E-state index in [-0.39, 0.29) is 18.0 Å². The predicted molar refractivity (Wildman–Crippen MR) is 95.4 cm³/mol. The van der Waals surface area contributed by atoms with Crippen molar-refractivity contribution in [3.63, 3.8) is 0 Å². The summed E-state index contributed by atoms with van der Waals surface area (Å²) in [6.45, 7) is 5.27. The fourth-order valence-electron chi connectivity index (χ4n) is 3.37. The third-order valence-corrected chi connectivity index (χ3v) is 4.85. The highest BCUT2D eigenvalue weighted by molar-refractivity contribution is 5.99. The molecule has 0 radical (unpaired) electrons. The molecule has 3 amide bonds. The van der Waals surface area contributed by atoms with Gasteiger partial charge in [-0.25, -0.2) is 4.79 Å². The maximum atomic E-state index is 12.6. The Morgan fingerprint density at radius 3 is 2.83 bits per heavy atom. The van der Waals surface area contributed by atoms with Crippen molar-refractivity contribution in [3.8, 4) is 0 Å². The highest BCUT2D eigenvalue weighted by Crippen LogP contribution is 2.24.